The molecule has 4 aliphatic carbocycles. The average Bonchev–Trinajstić information content (AvgIpc) is 3.74. The molecule has 0 amide bonds. The highest BCUT2D eigenvalue weighted by molar-refractivity contribution is 6.01. The smallest absolute Gasteiger partial charge is 0.309 e. The van der Waals surface area contributed by atoms with Gasteiger partial charge in [0.1, 0.15) is 23.1 Å². The van der Waals surface area contributed by atoms with Crippen molar-refractivity contribution in [3.8, 4) is 0 Å². The van der Waals surface area contributed by atoms with Gasteiger partial charge in [0.05, 0.1) is 37.2 Å². The molecule has 13 nitrogen and oxygen atoms in total. The lowest BCUT2D eigenvalue weighted by Gasteiger charge is -2.77. The molecule has 272 valence electrons. The van der Waals surface area contributed by atoms with E-state index >= 15 is 0 Å². The summed E-state index contributed by atoms with van der Waals surface area (Å²) in [4.78, 5) is 70.0. The Morgan fingerprint density at radius 1 is 0.940 bits per heavy atom. The Hall–Kier alpha value is -3.29. The van der Waals surface area contributed by atoms with Crippen molar-refractivity contribution >= 4 is 29.7 Å². The van der Waals surface area contributed by atoms with E-state index in [9.17, 15) is 24.0 Å². The normalized spacial score (nSPS) is 48.7. The molecular formula is C37H46O13. The van der Waals surface area contributed by atoms with Crippen molar-refractivity contribution in [3.05, 3.63) is 24.2 Å². The molecule has 4 bridgehead atoms. The van der Waals surface area contributed by atoms with E-state index in [2.05, 4.69) is 0 Å². The Kier molecular flexibility index (Phi) is 6.61. The molecule has 3 spiro atoms. The fourth-order valence-corrected chi connectivity index (χ4v) is 12.4. The van der Waals surface area contributed by atoms with Crippen LogP contribution in [0.4, 0.5) is 0 Å². The highest BCUT2D eigenvalue weighted by Gasteiger charge is 3.05. The maximum atomic E-state index is 14.6. The van der Waals surface area contributed by atoms with E-state index in [0.717, 1.165) is 0 Å². The van der Waals surface area contributed by atoms with Crippen LogP contribution in [0.2, 0.25) is 0 Å². The maximum Gasteiger partial charge on any atom is 0.309 e. The number of ether oxygens (including phenoxy) is 7. The molecule has 0 N–H and O–H groups in total. The molecule has 0 radical (unpaired) electrons. The first-order valence-corrected chi connectivity index (χ1v) is 17.7. The van der Waals surface area contributed by atoms with Gasteiger partial charge in [0.25, 0.3) is 5.97 Å². The molecule has 4 heterocycles. The summed E-state index contributed by atoms with van der Waals surface area (Å²) in [6.45, 7) is 14.1. The number of methoxy groups -OCH3 is 1. The Balaban J connectivity index is 1.48. The molecule has 0 aromatic carbocycles. The van der Waals surface area contributed by atoms with Gasteiger partial charge in [-0.2, -0.15) is 0 Å². The number of carbonyl (C=O) groups is 5. The van der Waals surface area contributed by atoms with Crippen molar-refractivity contribution in [1.82, 2.24) is 0 Å². The molecule has 12 atom stereocenters. The standard InChI is InChI=1S/C37H46O13/c1-18(2)26(41)46-28-31(6)17-35-32(7,21(31)14-23(38)43-9)34-12-11-30(5,25(40)20-10-13-44-16-20)22-15-24(39)45-29(37(28,35)47-27(42)19(3)4)36(22,34)50-33(8,48-34)49-35/h10,13,16,18-19,21-22,28-29H,11-12,14-15,17H2,1-9H3. The quantitative estimate of drug-likeness (QED) is 0.215. The lowest BCUT2D eigenvalue weighted by molar-refractivity contribution is -0.477. The van der Waals surface area contributed by atoms with Crippen LogP contribution in [-0.4, -0.2) is 77.4 Å². The van der Waals surface area contributed by atoms with E-state index in [1.54, 1.807) is 40.7 Å². The Morgan fingerprint density at radius 2 is 1.62 bits per heavy atom. The van der Waals surface area contributed by atoms with Crippen molar-refractivity contribution in [3.63, 3.8) is 0 Å². The van der Waals surface area contributed by atoms with Gasteiger partial charge in [0, 0.05) is 35.5 Å². The molecule has 3 saturated heterocycles. The molecule has 7 fully saturated rings. The second-order valence-corrected chi connectivity index (χ2v) is 17.1. The zero-order valence-electron chi connectivity index (χ0n) is 30.0. The van der Waals surface area contributed by atoms with Crippen LogP contribution in [0.15, 0.2) is 23.0 Å². The van der Waals surface area contributed by atoms with Gasteiger partial charge in [-0.1, -0.05) is 48.5 Å². The van der Waals surface area contributed by atoms with E-state index in [1.165, 1.54) is 19.6 Å². The second kappa shape index (κ2) is 9.77. The predicted octanol–water partition coefficient (Wildman–Crippen LogP) is 4.29. The van der Waals surface area contributed by atoms with Crippen LogP contribution >= 0.6 is 0 Å². The van der Waals surface area contributed by atoms with Crippen LogP contribution in [0.25, 0.3) is 0 Å². The van der Waals surface area contributed by atoms with Gasteiger partial charge < -0.3 is 37.6 Å². The molecule has 13 heteroatoms. The molecule has 50 heavy (non-hydrogen) atoms. The van der Waals surface area contributed by atoms with Crippen LogP contribution in [0, 0.1) is 39.9 Å². The number of hydrogen-bond donors (Lipinski definition) is 0. The summed E-state index contributed by atoms with van der Waals surface area (Å²) in [7, 11) is 1.32. The minimum absolute atomic E-state index is 0.100. The summed E-state index contributed by atoms with van der Waals surface area (Å²) in [6, 6.07) is 1.59. The third-order valence-electron chi connectivity index (χ3n) is 14.2. The van der Waals surface area contributed by atoms with Gasteiger partial charge in [-0.25, -0.2) is 0 Å². The summed E-state index contributed by atoms with van der Waals surface area (Å²) < 4.78 is 51.7. The van der Waals surface area contributed by atoms with E-state index in [1.807, 2.05) is 20.8 Å². The molecule has 8 rings (SSSR count). The first-order valence-electron chi connectivity index (χ1n) is 17.7. The van der Waals surface area contributed by atoms with Gasteiger partial charge in [-0.3, -0.25) is 24.0 Å². The number of furan rings is 1. The van der Waals surface area contributed by atoms with Crippen molar-refractivity contribution in [1.29, 1.82) is 0 Å². The Morgan fingerprint density at radius 3 is 2.24 bits per heavy atom. The first-order chi connectivity index (χ1) is 23.3. The van der Waals surface area contributed by atoms with Crippen LogP contribution in [0.5, 0.6) is 0 Å². The number of rotatable bonds is 8. The molecule has 1 aromatic rings. The average molecular weight is 699 g/mol. The van der Waals surface area contributed by atoms with Crippen molar-refractivity contribution in [2.75, 3.05) is 7.11 Å². The van der Waals surface area contributed by atoms with Crippen molar-refractivity contribution in [2.45, 2.75) is 128 Å². The summed E-state index contributed by atoms with van der Waals surface area (Å²) >= 11 is 0. The summed E-state index contributed by atoms with van der Waals surface area (Å²) in [5, 5.41) is 0. The molecule has 4 saturated carbocycles. The lowest BCUT2D eigenvalue weighted by Crippen LogP contribution is -2.94. The third-order valence-corrected chi connectivity index (χ3v) is 14.2. The third kappa shape index (κ3) is 3.35. The fraction of sp³-hybridized carbons (Fsp3) is 0.757. The second-order valence-electron chi connectivity index (χ2n) is 17.1. The number of Topliss-reactive ketones (excluding diaryl/α,β-unsaturated/α-hetero) is 1. The fourth-order valence-electron chi connectivity index (χ4n) is 12.4. The largest absolute Gasteiger partial charge is 0.472 e. The van der Waals surface area contributed by atoms with Gasteiger partial charge in [0.15, 0.2) is 18.0 Å². The van der Waals surface area contributed by atoms with Gasteiger partial charge >= 0.3 is 23.9 Å². The minimum Gasteiger partial charge on any atom is -0.472 e. The van der Waals surface area contributed by atoms with E-state index < -0.39 is 104 Å². The van der Waals surface area contributed by atoms with Gasteiger partial charge in [0.2, 0.25) is 5.60 Å². The highest BCUT2D eigenvalue weighted by Crippen LogP contribution is 2.90. The topological polar surface area (TPSA) is 163 Å². The summed E-state index contributed by atoms with van der Waals surface area (Å²) in [6.07, 6.45) is 0.500. The maximum absolute atomic E-state index is 14.6. The number of ketones is 1. The number of carbonyl (C=O) groups excluding carboxylic acids is 5. The highest BCUT2D eigenvalue weighted by atomic mass is 16.9. The molecular weight excluding hydrogens is 652 g/mol. The predicted molar refractivity (Wildman–Crippen MR) is 168 cm³/mol. The Bertz CT molecular complexity index is 1720. The first kappa shape index (κ1) is 33.8. The van der Waals surface area contributed by atoms with E-state index in [0.29, 0.717) is 12.0 Å². The van der Waals surface area contributed by atoms with E-state index in [4.69, 9.17) is 37.6 Å². The summed E-state index contributed by atoms with van der Waals surface area (Å²) in [5.41, 5.74) is -9.68. The van der Waals surface area contributed by atoms with E-state index in [-0.39, 0.29) is 31.5 Å². The molecule has 12 unspecified atom stereocenters. The van der Waals surface area contributed by atoms with Gasteiger partial charge in [-0.15, -0.1) is 0 Å². The number of fused-ring (bicyclic) bond motifs is 3. The SMILES string of the molecule is COC(=O)CC1C2(C)CC34OC5(C)OC67C(CC(=O)OC6C3(OC(=O)C(C)C)C2OC(=O)C(C)C)C(C)(C(=O)c2ccoc2)CCC7(O5)C14C. The zero-order valence-corrected chi connectivity index (χ0v) is 30.0. The lowest BCUT2D eigenvalue weighted by atomic mass is 9.33. The van der Waals surface area contributed by atoms with Crippen LogP contribution < -0.4 is 0 Å². The van der Waals surface area contributed by atoms with Crippen molar-refractivity contribution < 1.29 is 61.5 Å². The summed E-state index contributed by atoms with van der Waals surface area (Å²) in [5.74, 6) is -7.06. The van der Waals surface area contributed by atoms with Crippen LogP contribution in [-0.2, 0) is 52.3 Å². The minimum atomic E-state index is -1.97. The van der Waals surface area contributed by atoms with Crippen LogP contribution in [0.3, 0.4) is 0 Å². The molecule has 3 aliphatic heterocycles. The molecule has 1 aromatic heterocycles. The zero-order chi connectivity index (χ0) is 36.2. The number of hydrogen-bond acceptors (Lipinski definition) is 13. The van der Waals surface area contributed by atoms with Crippen LogP contribution in [0.1, 0.15) is 97.9 Å². The number of esters is 4. The Labute approximate surface area is 290 Å². The van der Waals surface area contributed by atoms with Gasteiger partial charge in [-0.05, 0) is 31.2 Å². The molecule has 7 aliphatic rings. The van der Waals surface area contributed by atoms with Crippen molar-refractivity contribution in [2.24, 2.45) is 39.9 Å². The monoisotopic (exact) mass is 698 g/mol.